The SMILES string of the molecule is CC(C)CC(C(C)C)n1cnc2c1-c1ccccc1N(C)C2N. The summed E-state index contributed by atoms with van der Waals surface area (Å²) in [4.78, 5) is 6.81. The minimum absolute atomic E-state index is 0.187. The Hall–Kier alpha value is -1.81. The van der Waals surface area contributed by atoms with Gasteiger partial charge in [0, 0.05) is 24.3 Å². The van der Waals surface area contributed by atoms with Crippen LogP contribution < -0.4 is 10.6 Å². The van der Waals surface area contributed by atoms with Crippen LogP contribution in [0.25, 0.3) is 11.3 Å². The highest BCUT2D eigenvalue weighted by molar-refractivity contribution is 5.81. The Morgan fingerprint density at radius 3 is 2.52 bits per heavy atom. The zero-order chi connectivity index (χ0) is 16.7. The van der Waals surface area contributed by atoms with Gasteiger partial charge in [-0.25, -0.2) is 4.98 Å². The lowest BCUT2D eigenvalue weighted by Gasteiger charge is -2.35. The largest absolute Gasteiger partial charge is 0.353 e. The van der Waals surface area contributed by atoms with Gasteiger partial charge in [0.1, 0.15) is 11.9 Å². The number of anilines is 1. The lowest BCUT2D eigenvalue weighted by Crippen LogP contribution is -2.35. The van der Waals surface area contributed by atoms with Gasteiger partial charge in [-0.05, 0) is 24.3 Å². The van der Waals surface area contributed by atoms with Crippen molar-refractivity contribution in [2.75, 3.05) is 11.9 Å². The molecule has 2 atom stereocenters. The van der Waals surface area contributed by atoms with E-state index in [2.05, 4.69) is 61.4 Å². The maximum Gasteiger partial charge on any atom is 0.123 e. The molecule has 4 heteroatoms. The second-order valence-corrected chi connectivity index (χ2v) is 7.40. The number of aromatic nitrogens is 2. The van der Waals surface area contributed by atoms with Gasteiger partial charge in [0.25, 0.3) is 0 Å². The van der Waals surface area contributed by atoms with E-state index < -0.39 is 0 Å². The van der Waals surface area contributed by atoms with Gasteiger partial charge in [0.05, 0.1) is 12.0 Å². The summed E-state index contributed by atoms with van der Waals surface area (Å²) in [5.41, 5.74) is 11.0. The van der Waals surface area contributed by atoms with Crippen LogP contribution in [0.15, 0.2) is 30.6 Å². The molecule has 2 unspecified atom stereocenters. The fraction of sp³-hybridized carbons (Fsp3) is 0.526. The summed E-state index contributed by atoms with van der Waals surface area (Å²) in [6, 6.07) is 8.93. The van der Waals surface area contributed by atoms with Crippen molar-refractivity contribution < 1.29 is 0 Å². The molecule has 0 bridgehead atoms. The molecule has 2 heterocycles. The Morgan fingerprint density at radius 2 is 1.87 bits per heavy atom. The first-order valence-corrected chi connectivity index (χ1v) is 8.56. The van der Waals surface area contributed by atoms with E-state index in [1.807, 2.05) is 13.4 Å². The average molecular weight is 312 g/mol. The maximum atomic E-state index is 6.45. The smallest absolute Gasteiger partial charge is 0.123 e. The molecule has 3 rings (SSSR count). The van der Waals surface area contributed by atoms with E-state index >= 15 is 0 Å². The van der Waals surface area contributed by atoms with Crippen molar-refractivity contribution in [3.63, 3.8) is 0 Å². The number of fused-ring (bicyclic) bond motifs is 3. The summed E-state index contributed by atoms with van der Waals surface area (Å²) in [5, 5.41) is 0. The molecule has 1 aliphatic rings. The van der Waals surface area contributed by atoms with Gasteiger partial charge in [0.15, 0.2) is 0 Å². The monoisotopic (exact) mass is 312 g/mol. The maximum absolute atomic E-state index is 6.45. The second-order valence-electron chi connectivity index (χ2n) is 7.40. The molecule has 1 aliphatic heterocycles. The van der Waals surface area contributed by atoms with Crippen LogP contribution >= 0.6 is 0 Å². The molecule has 1 aromatic carbocycles. The van der Waals surface area contributed by atoms with E-state index in [0.29, 0.717) is 17.9 Å². The van der Waals surface area contributed by atoms with Gasteiger partial charge in [-0.3, -0.25) is 0 Å². The predicted molar refractivity (Wildman–Crippen MR) is 96.3 cm³/mol. The minimum Gasteiger partial charge on any atom is -0.353 e. The number of nitrogens with two attached hydrogens (primary N) is 1. The highest BCUT2D eigenvalue weighted by atomic mass is 15.3. The van der Waals surface area contributed by atoms with Crippen LogP contribution in [0.1, 0.15) is 52.0 Å². The van der Waals surface area contributed by atoms with Crippen molar-refractivity contribution in [2.45, 2.75) is 46.3 Å². The highest BCUT2D eigenvalue weighted by Crippen LogP contribution is 2.43. The lowest BCUT2D eigenvalue weighted by atomic mass is 9.92. The van der Waals surface area contributed by atoms with Crippen LogP contribution in [0.3, 0.4) is 0 Å². The van der Waals surface area contributed by atoms with Crippen LogP contribution in [0, 0.1) is 11.8 Å². The van der Waals surface area contributed by atoms with Crippen molar-refractivity contribution in [3.05, 3.63) is 36.3 Å². The Kier molecular flexibility index (Phi) is 4.19. The van der Waals surface area contributed by atoms with Crippen molar-refractivity contribution in [2.24, 2.45) is 17.6 Å². The first kappa shape index (κ1) is 16.1. The molecule has 0 fully saturated rings. The van der Waals surface area contributed by atoms with Crippen molar-refractivity contribution >= 4 is 5.69 Å². The van der Waals surface area contributed by atoms with Gasteiger partial charge < -0.3 is 15.2 Å². The highest BCUT2D eigenvalue weighted by Gasteiger charge is 2.32. The van der Waals surface area contributed by atoms with Gasteiger partial charge in [-0.2, -0.15) is 0 Å². The zero-order valence-corrected chi connectivity index (χ0v) is 14.8. The van der Waals surface area contributed by atoms with Gasteiger partial charge in [-0.15, -0.1) is 0 Å². The van der Waals surface area contributed by atoms with E-state index in [0.717, 1.165) is 12.1 Å². The number of rotatable bonds is 4. The summed E-state index contributed by atoms with van der Waals surface area (Å²) in [7, 11) is 2.04. The van der Waals surface area contributed by atoms with Gasteiger partial charge >= 0.3 is 0 Å². The molecule has 0 saturated carbocycles. The standard InChI is InChI=1S/C19H28N4/c1-12(2)10-16(13(3)4)23-11-21-17-18(23)14-8-6-7-9-15(14)22(5)19(17)20/h6-9,11-13,16,19H,10,20H2,1-5H3. The second kappa shape index (κ2) is 6.00. The Balaban J connectivity index is 2.16. The fourth-order valence-electron chi connectivity index (χ4n) is 3.63. The molecule has 0 amide bonds. The molecular formula is C19H28N4. The minimum atomic E-state index is -0.187. The Labute approximate surface area is 139 Å². The normalized spacial score (nSPS) is 18.3. The predicted octanol–water partition coefficient (Wildman–Crippen LogP) is 4.20. The number of hydrogen-bond donors (Lipinski definition) is 1. The summed E-state index contributed by atoms with van der Waals surface area (Å²) in [6.45, 7) is 9.15. The number of nitrogens with zero attached hydrogens (tertiary/aromatic N) is 3. The summed E-state index contributed by atoms with van der Waals surface area (Å²) >= 11 is 0. The lowest BCUT2D eigenvalue weighted by molar-refractivity contribution is 0.316. The summed E-state index contributed by atoms with van der Waals surface area (Å²) in [5.74, 6) is 1.20. The zero-order valence-electron chi connectivity index (χ0n) is 14.8. The summed E-state index contributed by atoms with van der Waals surface area (Å²) < 4.78 is 2.37. The van der Waals surface area contributed by atoms with Crippen LogP contribution in [0.2, 0.25) is 0 Å². The molecule has 0 radical (unpaired) electrons. The number of benzene rings is 1. The van der Waals surface area contributed by atoms with Gasteiger partial charge in [-0.1, -0.05) is 45.9 Å². The van der Waals surface area contributed by atoms with E-state index in [1.54, 1.807) is 0 Å². The summed E-state index contributed by atoms with van der Waals surface area (Å²) in [6.07, 6.45) is 2.95. The van der Waals surface area contributed by atoms with Crippen LogP contribution in [-0.4, -0.2) is 16.6 Å². The first-order valence-electron chi connectivity index (χ1n) is 8.56. The van der Waals surface area contributed by atoms with E-state index in [4.69, 9.17) is 10.7 Å². The molecular weight excluding hydrogens is 284 g/mol. The molecule has 4 nitrogen and oxygen atoms in total. The van der Waals surface area contributed by atoms with Gasteiger partial charge in [0.2, 0.25) is 0 Å². The number of hydrogen-bond acceptors (Lipinski definition) is 3. The average Bonchev–Trinajstić information content (AvgIpc) is 2.94. The topological polar surface area (TPSA) is 47.1 Å². The number of para-hydroxylation sites is 1. The van der Waals surface area contributed by atoms with E-state index in [9.17, 15) is 0 Å². The molecule has 0 aliphatic carbocycles. The van der Waals surface area contributed by atoms with Crippen LogP contribution in [0.4, 0.5) is 5.69 Å². The molecule has 2 N–H and O–H groups in total. The third-order valence-electron chi connectivity index (χ3n) is 4.90. The number of imidazole rings is 1. The fourth-order valence-corrected chi connectivity index (χ4v) is 3.63. The Morgan fingerprint density at radius 1 is 1.17 bits per heavy atom. The van der Waals surface area contributed by atoms with Crippen molar-refractivity contribution in [1.82, 2.24) is 9.55 Å². The molecule has 2 aromatic rings. The van der Waals surface area contributed by atoms with Crippen molar-refractivity contribution in [1.29, 1.82) is 0 Å². The molecule has 23 heavy (non-hydrogen) atoms. The molecule has 1 aromatic heterocycles. The van der Waals surface area contributed by atoms with Crippen LogP contribution in [0.5, 0.6) is 0 Å². The Bertz CT molecular complexity index is 686. The van der Waals surface area contributed by atoms with E-state index in [1.165, 1.54) is 16.9 Å². The molecule has 0 saturated heterocycles. The van der Waals surface area contributed by atoms with Crippen molar-refractivity contribution in [3.8, 4) is 11.3 Å². The third-order valence-corrected chi connectivity index (χ3v) is 4.90. The first-order chi connectivity index (χ1) is 10.9. The molecule has 124 valence electrons. The molecule has 0 spiro atoms. The third kappa shape index (κ3) is 2.65. The van der Waals surface area contributed by atoms with Crippen LogP contribution in [-0.2, 0) is 0 Å². The quantitative estimate of drug-likeness (QED) is 0.920. The van der Waals surface area contributed by atoms with E-state index in [-0.39, 0.29) is 6.17 Å².